The molecule has 0 unspecified atom stereocenters. The molecule has 0 amide bonds. The summed E-state index contributed by atoms with van der Waals surface area (Å²) in [5.74, 6) is 0.502. The minimum atomic E-state index is -3.86. The van der Waals surface area contributed by atoms with E-state index in [9.17, 15) is 13.2 Å². The Balaban J connectivity index is 1.86. The van der Waals surface area contributed by atoms with E-state index in [-0.39, 0.29) is 23.6 Å². The van der Waals surface area contributed by atoms with Crippen molar-refractivity contribution in [1.29, 1.82) is 0 Å². The molecule has 0 aliphatic heterocycles. The zero-order valence-electron chi connectivity index (χ0n) is 15.5. The third-order valence-corrected chi connectivity index (χ3v) is 6.04. The minimum Gasteiger partial charge on any atom is -0.497 e. The molecular formula is C22H21NO4S. The summed E-state index contributed by atoms with van der Waals surface area (Å²) in [6.07, 6.45) is 0.137. The van der Waals surface area contributed by atoms with Crippen molar-refractivity contribution in [1.82, 2.24) is 0 Å². The van der Waals surface area contributed by atoms with E-state index in [4.69, 9.17) is 4.74 Å². The maximum atomic E-state index is 13.2. The SMILES string of the molecule is COc1ccc(CC(=O)CN(c2ccccc2)S(=O)(=O)c2ccccc2)cc1. The Morgan fingerprint density at radius 1 is 0.857 bits per heavy atom. The van der Waals surface area contributed by atoms with Gasteiger partial charge in [-0.3, -0.25) is 9.10 Å². The number of nitrogens with zero attached hydrogens (tertiary/aromatic N) is 1. The van der Waals surface area contributed by atoms with Gasteiger partial charge in [-0.25, -0.2) is 8.42 Å². The van der Waals surface area contributed by atoms with E-state index in [1.54, 1.807) is 79.9 Å². The highest BCUT2D eigenvalue weighted by atomic mass is 32.2. The number of hydrogen-bond acceptors (Lipinski definition) is 4. The first-order valence-corrected chi connectivity index (χ1v) is 10.2. The summed E-state index contributed by atoms with van der Waals surface area (Å²) in [6.45, 7) is -0.243. The predicted molar refractivity (Wildman–Crippen MR) is 109 cm³/mol. The summed E-state index contributed by atoms with van der Waals surface area (Å²) >= 11 is 0. The number of sulfonamides is 1. The number of ether oxygens (including phenoxy) is 1. The maximum absolute atomic E-state index is 13.2. The number of rotatable bonds is 8. The molecule has 0 aliphatic rings. The van der Waals surface area contributed by atoms with Gasteiger partial charge >= 0.3 is 0 Å². The van der Waals surface area contributed by atoms with Gasteiger partial charge in [0.15, 0.2) is 5.78 Å². The number of anilines is 1. The van der Waals surface area contributed by atoms with Gasteiger partial charge in [0.25, 0.3) is 10.0 Å². The van der Waals surface area contributed by atoms with Crippen LogP contribution in [0.25, 0.3) is 0 Å². The second kappa shape index (κ2) is 8.71. The molecule has 0 spiro atoms. The van der Waals surface area contributed by atoms with Crippen LogP contribution in [0.1, 0.15) is 5.56 Å². The van der Waals surface area contributed by atoms with Gasteiger partial charge < -0.3 is 4.74 Å². The summed E-state index contributed by atoms with van der Waals surface area (Å²) in [6, 6.07) is 23.9. The Morgan fingerprint density at radius 3 is 2.00 bits per heavy atom. The number of hydrogen-bond donors (Lipinski definition) is 0. The van der Waals surface area contributed by atoms with E-state index >= 15 is 0 Å². The smallest absolute Gasteiger partial charge is 0.264 e. The average Bonchev–Trinajstić information content (AvgIpc) is 2.74. The average molecular weight is 395 g/mol. The number of methoxy groups -OCH3 is 1. The molecule has 3 aromatic carbocycles. The molecule has 0 N–H and O–H groups in total. The van der Waals surface area contributed by atoms with Gasteiger partial charge in [-0.05, 0) is 42.0 Å². The van der Waals surface area contributed by atoms with Crippen molar-refractivity contribution in [3.63, 3.8) is 0 Å². The van der Waals surface area contributed by atoms with Gasteiger partial charge in [0.05, 0.1) is 24.2 Å². The van der Waals surface area contributed by atoms with Crippen molar-refractivity contribution < 1.29 is 17.9 Å². The fourth-order valence-electron chi connectivity index (χ4n) is 2.82. The molecule has 0 heterocycles. The summed E-state index contributed by atoms with van der Waals surface area (Å²) in [4.78, 5) is 12.8. The van der Waals surface area contributed by atoms with E-state index in [1.165, 1.54) is 12.1 Å². The molecule has 28 heavy (non-hydrogen) atoms. The van der Waals surface area contributed by atoms with Gasteiger partial charge in [0.1, 0.15) is 5.75 Å². The van der Waals surface area contributed by atoms with Crippen molar-refractivity contribution in [2.75, 3.05) is 18.0 Å². The molecule has 3 aromatic rings. The lowest BCUT2D eigenvalue weighted by Crippen LogP contribution is -2.36. The highest BCUT2D eigenvalue weighted by molar-refractivity contribution is 7.92. The molecule has 0 saturated heterocycles. The van der Waals surface area contributed by atoms with Crippen LogP contribution in [0, 0.1) is 0 Å². The van der Waals surface area contributed by atoms with Gasteiger partial charge in [0.2, 0.25) is 0 Å². The van der Waals surface area contributed by atoms with Crippen LogP contribution in [0.5, 0.6) is 5.75 Å². The highest BCUT2D eigenvalue weighted by Crippen LogP contribution is 2.23. The van der Waals surface area contributed by atoms with Gasteiger partial charge in [-0.1, -0.05) is 48.5 Å². The van der Waals surface area contributed by atoms with E-state index in [1.807, 2.05) is 0 Å². The first-order valence-electron chi connectivity index (χ1n) is 8.78. The van der Waals surface area contributed by atoms with Crippen molar-refractivity contribution in [2.24, 2.45) is 0 Å². The molecular weight excluding hydrogens is 374 g/mol. The Bertz CT molecular complexity index is 1020. The van der Waals surface area contributed by atoms with Crippen LogP contribution in [0.3, 0.4) is 0 Å². The molecule has 0 aromatic heterocycles. The Hall–Kier alpha value is -3.12. The molecule has 0 fully saturated rings. The van der Waals surface area contributed by atoms with E-state index in [0.29, 0.717) is 11.4 Å². The lowest BCUT2D eigenvalue weighted by Gasteiger charge is -2.24. The van der Waals surface area contributed by atoms with Crippen LogP contribution < -0.4 is 9.04 Å². The number of carbonyl (C=O) groups excluding carboxylic acids is 1. The van der Waals surface area contributed by atoms with Gasteiger partial charge in [0, 0.05) is 6.42 Å². The first-order chi connectivity index (χ1) is 13.5. The standard InChI is InChI=1S/C22H21NO4S/c1-27-21-14-12-18(13-15-21)16-20(24)17-23(19-8-4-2-5-9-19)28(25,26)22-10-6-3-7-11-22/h2-15H,16-17H2,1H3. The zero-order chi connectivity index (χ0) is 20.0. The van der Waals surface area contributed by atoms with Crippen LogP contribution >= 0.6 is 0 Å². The van der Waals surface area contributed by atoms with Crippen LogP contribution in [-0.4, -0.2) is 27.9 Å². The third-order valence-electron chi connectivity index (χ3n) is 4.26. The topological polar surface area (TPSA) is 63.7 Å². The fraction of sp³-hybridized carbons (Fsp3) is 0.136. The maximum Gasteiger partial charge on any atom is 0.264 e. The van der Waals surface area contributed by atoms with Gasteiger partial charge in [-0.15, -0.1) is 0 Å². The second-order valence-electron chi connectivity index (χ2n) is 6.22. The van der Waals surface area contributed by atoms with Crippen molar-refractivity contribution in [3.05, 3.63) is 90.5 Å². The molecule has 0 atom stereocenters. The lowest BCUT2D eigenvalue weighted by molar-refractivity contribution is -0.117. The number of carbonyl (C=O) groups is 1. The Labute approximate surface area is 165 Å². The van der Waals surface area contributed by atoms with Crippen molar-refractivity contribution in [3.8, 4) is 5.75 Å². The van der Waals surface area contributed by atoms with Gasteiger partial charge in [-0.2, -0.15) is 0 Å². The summed E-state index contributed by atoms with van der Waals surface area (Å²) in [7, 11) is -2.28. The largest absolute Gasteiger partial charge is 0.497 e. The summed E-state index contributed by atoms with van der Waals surface area (Å²) in [5, 5.41) is 0. The van der Waals surface area contributed by atoms with Crippen molar-refractivity contribution in [2.45, 2.75) is 11.3 Å². The summed E-state index contributed by atoms with van der Waals surface area (Å²) < 4.78 is 32.6. The van der Waals surface area contributed by atoms with Crippen LogP contribution in [-0.2, 0) is 21.2 Å². The van der Waals surface area contributed by atoms with Crippen LogP contribution in [0.4, 0.5) is 5.69 Å². The number of ketones is 1. The van der Waals surface area contributed by atoms with E-state index < -0.39 is 10.0 Å². The van der Waals surface area contributed by atoms with E-state index in [0.717, 1.165) is 9.87 Å². The minimum absolute atomic E-state index is 0.137. The Kier molecular flexibility index (Phi) is 6.11. The molecule has 0 aliphatic carbocycles. The molecule has 6 heteroatoms. The molecule has 3 rings (SSSR count). The van der Waals surface area contributed by atoms with Crippen molar-refractivity contribution >= 4 is 21.5 Å². The molecule has 5 nitrogen and oxygen atoms in total. The normalized spacial score (nSPS) is 11.0. The van der Waals surface area contributed by atoms with E-state index in [2.05, 4.69) is 0 Å². The van der Waals surface area contributed by atoms with Crippen LogP contribution in [0.15, 0.2) is 89.8 Å². The second-order valence-corrected chi connectivity index (χ2v) is 8.09. The highest BCUT2D eigenvalue weighted by Gasteiger charge is 2.26. The fourth-order valence-corrected chi connectivity index (χ4v) is 4.28. The lowest BCUT2D eigenvalue weighted by atomic mass is 10.1. The quantitative estimate of drug-likeness (QED) is 0.583. The third kappa shape index (κ3) is 4.58. The molecule has 0 saturated carbocycles. The predicted octanol–water partition coefficient (Wildman–Crippen LogP) is 3.70. The number of Topliss-reactive ketones (excluding diaryl/α,β-unsaturated/α-hetero) is 1. The zero-order valence-corrected chi connectivity index (χ0v) is 16.3. The monoisotopic (exact) mass is 395 g/mol. The summed E-state index contributed by atoms with van der Waals surface area (Å²) in [5.41, 5.74) is 1.25. The number of benzene rings is 3. The molecule has 0 bridgehead atoms. The molecule has 144 valence electrons. The number of para-hydroxylation sites is 1. The first kappa shape index (κ1) is 19.6. The van der Waals surface area contributed by atoms with Crippen LogP contribution in [0.2, 0.25) is 0 Å². The Morgan fingerprint density at radius 2 is 1.43 bits per heavy atom. The molecule has 0 radical (unpaired) electrons.